The molecule has 20 heavy (non-hydrogen) atoms. The van der Waals surface area contributed by atoms with Crippen molar-refractivity contribution in [2.24, 2.45) is 0 Å². The zero-order valence-corrected chi connectivity index (χ0v) is 12.0. The minimum Gasteiger partial charge on any atom is -0.382 e. The maximum absolute atomic E-state index is 11.1. The lowest BCUT2D eigenvalue weighted by atomic mass is 10.2. The third kappa shape index (κ3) is 3.27. The Hall–Kier alpha value is -2.08. The molecule has 0 radical (unpaired) electrons. The van der Waals surface area contributed by atoms with Gasteiger partial charge in [-0.25, -0.2) is 9.97 Å². The first-order chi connectivity index (χ1) is 9.76. The summed E-state index contributed by atoms with van der Waals surface area (Å²) in [6.07, 6.45) is 2.17. The Morgan fingerprint density at radius 1 is 1.30 bits per heavy atom. The molecule has 0 bridgehead atoms. The second-order valence-corrected chi connectivity index (χ2v) is 5.04. The molecule has 0 aliphatic rings. The molecule has 2 aromatic rings. The van der Waals surface area contributed by atoms with E-state index in [0.29, 0.717) is 18.1 Å². The van der Waals surface area contributed by atoms with Crippen LogP contribution in [-0.4, -0.2) is 22.9 Å². The van der Waals surface area contributed by atoms with E-state index in [1.165, 1.54) is 16.8 Å². The van der Waals surface area contributed by atoms with Gasteiger partial charge in [-0.3, -0.25) is 4.79 Å². The fourth-order valence-corrected chi connectivity index (χ4v) is 2.74. The highest BCUT2D eigenvalue weighted by atomic mass is 32.2. The summed E-state index contributed by atoms with van der Waals surface area (Å²) in [5.74, 6) is 1.09. The number of carbonyl (C=O) groups excluding carboxylic acids is 1. The zero-order valence-electron chi connectivity index (χ0n) is 11.2. The van der Waals surface area contributed by atoms with E-state index in [4.69, 9.17) is 5.73 Å². The third-order valence-corrected chi connectivity index (χ3v) is 3.84. The maximum Gasteiger partial charge on any atom is 0.214 e. The fraction of sp³-hybridized carbons (Fsp3) is 0.214. The summed E-state index contributed by atoms with van der Waals surface area (Å²) in [5.41, 5.74) is 7.66. The summed E-state index contributed by atoms with van der Waals surface area (Å²) < 4.78 is 0. The summed E-state index contributed by atoms with van der Waals surface area (Å²) in [6.45, 7) is 2.41. The summed E-state index contributed by atoms with van der Waals surface area (Å²) in [7, 11) is 0. The molecule has 1 amide bonds. The first-order valence-corrected chi connectivity index (χ1v) is 7.24. The van der Waals surface area contributed by atoms with Crippen LogP contribution in [-0.2, 0) is 10.5 Å². The van der Waals surface area contributed by atoms with E-state index in [0.717, 1.165) is 17.2 Å². The minimum absolute atomic E-state index is 0.324. The SMILES string of the molecule is CCN(C=O)c1c(N)ncnc1SCc1ccccc1. The van der Waals surface area contributed by atoms with E-state index in [1.807, 2.05) is 25.1 Å². The molecule has 2 rings (SSSR count). The van der Waals surface area contributed by atoms with Crippen LogP contribution < -0.4 is 10.6 Å². The van der Waals surface area contributed by atoms with Crippen LogP contribution in [0.2, 0.25) is 0 Å². The van der Waals surface area contributed by atoms with Gasteiger partial charge in [-0.15, -0.1) is 0 Å². The summed E-state index contributed by atoms with van der Waals surface area (Å²) in [4.78, 5) is 20.8. The summed E-state index contributed by atoms with van der Waals surface area (Å²) in [6, 6.07) is 10.1. The second-order valence-electron chi connectivity index (χ2n) is 4.08. The third-order valence-electron chi connectivity index (χ3n) is 2.79. The molecule has 104 valence electrons. The van der Waals surface area contributed by atoms with Gasteiger partial charge in [0.15, 0.2) is 5.82 Å². The molecule has 0 fully saturated rings. The first-order valence-electron chi connectivity index (χ1n) is 6.25. The molecule has 0 saturated carbocycles. The highest BCUT2D eigenvalue weighted by Gasteiger charge is 2.15. The zero-order chi connectivity index (χ0) is 14.4. The Labute approximate surface area is 122 Å². The van der Waals surface area contributed by atoms with Crippen LogP contribution in [0.1, 0.15) is 12.5 Å². The van der Waals surface area contributed by atoms with Crippen LogP contribution in [0, 0.1) is 0 Å². The van der Waals surface area contributed by atoms with Crippen LogP contribution in [0.15, 0.2) is 41.7 Å². The van der Waals surface area contributed by atoms with Crippen molar-refractivity contribution < 1.29 is 4.79 Å². The molecule has 5 nitrogen and oxygen atoms in total. The number of nitrogen functional groups attached to an aromatic ring is 1. The summed E-state index contributed by atoms with van der Waals surface area (Å²) >= 11 is 1.54. The van der Waals surface area contributed by atoms with Crippen LogP contribution >= 0.6 is 11.8 Å². The van der Waals surface area contributed by atoms with Crippen LogP contribution in [0.5, 0.6) is 0 Å². The largest absolute Gasteiger partial charge is 0.382 e. The molecule has 2 N–H and O–H groups in total. The van der Waals surface area contributed by atoms with Crippen molar-refractivity contribution in [1.82, 2.24) is 9.97 Å². The van der Waals surface area contributed by atoms with Crippen molar-refractivity contribution >= 4 is 29.7 Å². The first kappa shape index (κ1) is 14.3. The normalized spacial score (nSPS) is 10.2. The predicted molar refractivity (Wildman–Crippen MR) is 81.5 cm³/mol. The molecule has 1 heterocycles. The summed E-state index contributed by atoms with van der Waals surface area (Å²) in [5, 5.41) is 0.718. The van der Waals surface area contributed by atoms with Crippen LogP contribution in [0.3, 0.4) is 0 Å². The quantitative estimate of drug-likeness (QED) is 0.502. The van der Waals surface area contributed by atoms with Gasteiger partial charge >= 0.3 is 0 Å². The van der Waals surface area contributed by atoms with Gasteiger partial charge in [-0.2, -0.15) is 0 Å². The number of aromatic nitrogens is 2. The van der Waals surface area contributed by atoms with Gasteiger partial charge in [-0.05, 0) is 12.5 Å². The van der Waals surface area contributed by atoms with Gasteiger partial charge in [-0.1, -0.05) is 42.1 Å². The Kier molecular flexibility index (Phi) is 4.95. The lowest BCUT2D eigenvalue weighted by Gasteiger charge is -2.18. The number of hydrogen-bond donors (Lipinski definition) is 1. The van der Waals surface area contributed by atoms with Crippen molar-refractivity contribution in [3.63, 3.8) is 0 Å². The minimum atomic E-state index is 0.324. The Balaban J connectivity index is 2.23. The van der Waals surface area contributed by atoms with Gasteiger partial charge in [0.25, 0.3) is 0 Å². The number of benzene rings is 1. The number of nitrogens with two attached hydrogens (primary N) is 1. The van der Waals surface area contributed by atoms with Gasteiger partial charge in [0.2, 0.25) is 6.41 Å². The molecule has 0 spiro atoms. The lowest BCUT2D eigenvalue weighted by Crippen LogP contribution is -2.23. The molecule has 0 aliphatic carbocycles. The molecular formula is C14H16N4OS. The number of rotatable bonds is 6. The monoisotopic (exact) mass is 288 g/mol. The molecule has 0 aliphatic heterocycles. The van der Waals surface area contributed by atoms with Gasteiger partial charge in [0.05, 0.1) is 0 Å². The molecule has 0 unspecified atom stereocenters. The number of nitrogens with zero attached hydrogens (tertiary/aromatic N) is 3. The van der Waals surface area contributed by atoms with Crippen molar-refractivity contribution in [2.45, 2.75) is 17.7 Å². The topological polar surface area (TPSA) is 72.1 Å². The highest BCUT2D eigenvalue weighted by molar-refractivity contribution is 7.98. The molecule has 0 saturated heterocycles. The predicted octanol–water partition coefficient (Wildman–Crippen LogP) is 2.33. The number of carbonyl (C=O) groups is 1. The van der Waals surface area contributed by atoms with Crippen molar-refractivity contribution in [1.29, 1.82) is 0 Å². The number of anilines is 2. The van der Waals surface area contributed by atoms with E-state index < -0.39 is 0 Å². The molecule has 1 aromatic carbocycles. The van der Waals surface area contributed by atoms with Gasteiger partial charge in [0, 0.05) is 12.3 Å². The smallest absolute Gasteiger partial charge is 0.214 e. The van der Waals surface area contributed by atoms with Gasteiger partial charge in [0.1, 0.15) is 17.0 Å². The van der Waals surface area contributed by atoms with E-state index in [2.05, 4.69) is 22.1 Å². The average Bonchev–Trinajstić information content (AvgIpc) is 2.49. The molecule has 6 heteroatoms. The Bertz CT molecular complexity index is 577. The molecular weight excluding hydrogens is 272 g/mol. The Morgan fingerprint density at radius 3 is 2.70 bits per heavy atom. The van der Waals surface area contributed by atoms with Crippen molar-refractivity contribution in [3.8, 4) is 0 Å². The fourth-order valence-electron chi connectivity index (χ4n) is 1.76. The van der Waals surface area contributed by atoms with E-state index in [1.54, 1.807) is 11.8 Å². The van der Waals surface area contributed by atoms with Gasteiger partial charge < -0.3 is 10.6 Å². The number of hydrogen-bond acceptors (Lipinski definition) is 5. The van der Waals surface area contributed by atoms with Crippen LogP contribution in [0.25, 0.3) is 0 Å². The van der Waals surface area contributed by atoms with E-state index in [9.17, 15) is 4.79 Å². The average molecular weight is 288 g/mol. The van der Waals surface area contributed by atoms with Crippen LogP contribution in [0.4, 0.5) is 11.5 Å². The molecule has 1 aromatic heterocycles. The maximum atomic E-state index is 11.1. The number of amides is 1. The van der Waals surface area contributed by atoms with Crippen molar-refractivity contribution in [3.05, 3.63) is 42.2 Å². The standard InChI is InChI=1S/C14H16N4OS/c1-2-18(10-19)12-13(15)16-9-17-14(12)20-8-11-6-4-3-5-7-11/h3-7,9-10H,2,8H2,1H3,(H2,15,16,17). The van der Waals surface area contributed by atoms with E-state index in [-0.39, 0.29) is 0 Å². The number of thioether (sulfide) groups is 1. The highest BCUT2D eigenvalue weighted by Crippen LogP contribution is 2.33. The molecule has 0 atom stereocenters. The van der Waals surface area contributed by atoms with Crippen molar-refractivity contribution in [2.75, 3.05) is 17.2 Å². The second kappa shape index (κ2) is 6.91. The lowest BCUT2D eigenvalue weighted by molar-refractivity contribution is -0.107. The Morgan fingerprint density at radius 2 is 2.05 bits per heavy atom. The van der Waals surface area contributed by atoms with E-state index >= 15 is 0 Å².